The summed E-state index contributed by atoms with van der Waals surface area (Å²) in [6.45, 7) is 11.3. The van der Waals surface area contributed by atoms with E-state index in [1.165, 1.54) is 0 Å². The average molecular weight is 322 g/mol. The second-order valence-corrected chi connectivity index (χ2v) is 6.23. The number of hydrogen-bond donors (Lipinski definition) is 2. The first-order chi connectivity index (χ1) is 11.2. The molecule has 0 saturated heterocycles. The summed E-state index contributed by atoms with van der Waals surface area (Å²) in [6.07, 6.45) is 3.17. The van der Waals surface area contributed by atoms with Crippen molar-refractivity contribution in [1.29, 1.82) is 0 Å². The SMILES string of the molecule is CCNC(=NCc1nnc2n1CCC2)NCCCOCC(C)C. The van der Waals surface area contributed by atoms with Gasteiger partial charge in [-0.2, -0.15) is 0 Å². The smallest absolute Gasteiger partial charge is 0.191 e. The van der Waals surface area contributed by atoms with Gasteiger partial charge in [0.15, 0.2) is 11.8 Å². The molecule has 0 bridgehead atoms. The van der Waals surface area contributed by atoms with Crippen LogP contribution in [0, 0.1) is 5.92 Å². The minimum Gasteiger partial charge on any atom is -0.381 e. The molecule has 1 aliphatic heterocycles. The fourth-order valence-electron chi connectivity index (χ4n) is 2.52. The molecule has 0 atom stereocenters. The third kappa shape index (κ3) is 5.82. The van der Waals surface area contributed by atoms with Gasteiger partial charge in [0.2, 0.25) is 0 Å². The van der Waals surface area contributed by atoms with E-state index >= 15 is 0 Å². The highest BCUT2D eigenvalue weighted by Gasteiger charge is 2.16. The highest BCUT2D eigenvalue weighted by Crippen LogP contribution is 2.14. The van der Waals surface area contributed by atoms with Crippen molar-refractivity contribution >= 4 is 5.96 Å². The summed E-state index contributed by atoms with van der Waals surface area (Å²) >= 11 is 0. The van der Waals surface area contributed by atoms with E-state index in [0.717, 1.165) is 69.7 Å². The number of nitrogens with zero attached hydrogens (tertiary/aromatic N) is 4. The maximum atomic E-state index is 5.58. The van der Waals surface area contributed by atoms with Crippen molar-refractivity contribution in [3.63, 3.8) is 0 Å². The van der Waals surface area contributed by atoms with Crippen LogP contribution >= 0.6 is 0 Å². The highest BCUT2D eigenvalue weighted by molar-refractivity contribution is 5.79. The number of hydrogen-bond acceptors (Lipinski definition) is 4. The van der Waals surface area contributed by atoms with Crippen molar-refractivity contribution in [1.82, 2.24) is 25.4 Å². The van der Waals surface area contributed by atoms with E-state index in [4.69, 9.17) is 4.74 Å². The van der Waals surface area contributed by atoms with Gasteiger partial charge in [0.25, 0.3) is 0 Å². The van der Waals surface area contributed by atoms with Crippen LogP contribution in [-0.4, -0.2) is 47.0 Å². The molecule has 0 unspecified atom stereocenters. The molecule has 0 aromatic carbocycles. The maximum absolute atomic E-state index is 5.58. The van der Waals surface area contributed by atoms with E-state index in [1.54, 1.807) is 0 Å². The third-order valence-corrected chi connectivity index (χ3v) is 3.62. The summed E-state index contributed by atoms with van der Waals surface area (Å²) in [4.78, 5) is 4.61. The normalized spacial score (nSPS) is 14.3. The van der Waals surface area contributed by atoms with Crippen molar-refractivity contribution in [2.45, 2.75) is 53.1 Å². The third-order valence-electron chi connectivity index (χ3n) is 3.62. The molecule has 2 N–H and O–H groups in total. The van der Waals surface area contributed by atoms with E-state index in [-0.39, 0.29) is 0 Å². The van der Waals surface area contributed by atoms with Crippen molar-refractivity contribution in [2.24, 2.45) is 10.9 Å². The molecule has 0 amide bonds. The molecule has 130 valence electrons. The Kier molecular flexibility index (Phi) is 7.32. The number of ether oxygens (including phenoxy) is 1. The Labute approximate surface area is 138 Å². The minimum atomic E-state index is 0.562. The first-order valence-electron chi connectivity index (χ1n) is 8.71. The Hall–Kier alpha value is -1.63. The van der Waals surface area contributed by atoms with Crippen LogP contribution in [0.4, 0.5) is 0 Å². The first kappa shape index (κ1) is 17.7. The standard InChI is InChI=1S/C16H30N6O/c1-4-17-16(18-8-6-10-23-12-13(2)3)19-11-15-21-20-14-7-5-9-22(14)15/h13H,4-12H2,1-3H3,(H2,17,18,19). The number of aryl methyl sites for hydroxylation is 1. The van der Waals surface area contributed by atoms with E-state index < -0.39 is 0 Å². The van der Waals surface area contributed by atoms with Crippen LogP contribution in [0.25, 0.3) is 0 Å². The average Bonchev–Trinajstić information content (AvgIpc) is 3.11. The Bertz CT molecular complexity index is 497. The fraction of sp³-hybridized carbons (Fsp3) is 0.812. The first-order valence-corrected chi connectivity index (χ1v) is 8.71. The predicted octanol–water partition coefficient (Wildman–Crippen LogP) is 1.34. The van der Waals surface area contributed by atoms with Gasteiger partial charge >= 0.3 is 0 Å². The van der Waals surface area contributed by atoms with Gasteiger partial charge in [-0.25, -0.2) is 4.99 Å². The van der Waals surface area contributed by atoms with Gasteiger partial charge in [-0.3, -0.25) is 0 Å². The number of rotatable bonds is 9. The number of fused-ring (bicyclic) bond motifs is 1. The number of nitrogens with one attached hydrogen (secondary N) is 2. The number of guanidine groups is 1. The highest BCUT2D eigenvalue weighted by atomic mass is 16.5. The van der Waals surface area contributed by atoms with Gasteiger partial charge in [0.05, 0.1) is 0 Å². The van der Waals surface area contributed by atoms with E-state index in [0.29, 0.717) is 12.5 Å². The van der Waals surface area contributed by atoms with E-state index in [9.17, 15) is 0 Å². The molecule has 1 aromatic rings. The minimum absolute atomic E-state index is 0.562. The van der Waals surface area contributed by atoms with E-state index in [2.05, 4.69) is 51.2 Å². The van der Waals surface area contributed by atoms with Crippen LogP contribution in [0.2, 0.25) is 0 Å². The van der Waals surface area contributed by atoms with Gasteiger partial charge in [-0.1, -0.05) is 13.8 Å². The summed E-state index contributed by atoms with van der Waals surface area (Å²) in [5.41, 5.74) is 0. The molecule has 0 aliphatic carbocycles. The summed E-state index contributed by atoms with van der Waals surface area (Å²) in [7, 11) is 0. The van der Waals surface area contributed by atoms with E-state index in [1.807, 2.05) is 0 Å². The molecule has 0 radical (unpaired) electrons. The molecule has 7 nitrogen and oxygen atoms in total. The van der Waals surface area contributed by atoms with Crippen LogP contribution in [0.15, 0.2) is 4.99 Å². The molecular weight excluding hydrogens is 292 g/mol. The Balaban J connectivity index is 1.74. The van der Waals surface area contributed by atoms with Crippen LogP contribution in [0.1, 0.15) is 45.3 Å². The molecule has 2 rings (SSSR count). The van der Waals surface area contributed by atoms with Crippen LogP contribution in [0.5, 0.6) is 0 Å². The molecule has 0 saturated carbocycles. The summed E-state index contributed by atoms with van der Waals surface area (Å²) in [6, 6.07) is 0. The Morgan fingerprint density at radius 3 is 3.00 bits per heavy atom. The summed E-state index contributed by atoms with van der Waals surface area (Å²) in [5.74, 6) is 3.46. The topological polar surface area (TPSA) is 76.4 Å². The lowest BCUT2D eigenvalue weighted by Crippen LogP contribution is -2.38. The van der Waals surface area contributed by atoms with Crippen molar-refractivity contribution in [3.8, 4) is 0 Å². The molecule has 7 heteroatoms. The zero-order valence-corrected chi connectivity index (χ0v) is 14.6. The Morgan fingerprint density at radius 2 is 2.22 bits per heavy atom. The van der Waals surface area contributed by atoms with Crippen LogP contribution in [0.3, 0.4) is 0 Å². The van der Waals surface area contributed by atoms with Gasteiger partial charge < -0.3 is 19.9 Å². The van der Waals surface area contributed by atoms with Gasteiger partial charge in [0, 0.05) is 39.3 Å². The van der Waals surface area contributed by atoms with Gasteiger partial charge in [-0.15, -0.1) is 10.2 Å². The maximum Gasteiger partial charge on any atom is 0.191 e. The largest absolute Gasteiger partial charge is 0.381 e. The molecule has 1 aliphatic rings. The van der Waals surface area contributed by atoms with Gasteiger partial charge in [0.1, 0.15) is 12.4 Å². The molecule has 0 fully saturated rings. The summed E-state index contributed by atoms with van der Waals surface area (Å²) < 4.78 is 7.77. The fourth-order valence-corrected chi connectivity index (χ4v) is 2.52. The number of aromatic nitrogens is 3. The van der Waals surface area contributed by atoms with Crippen LogP contribution < -0.4 is 10.6 Å². The molecule has 23 heavy (non-hydrogen) atoms. The van der Waals surface area contributed by atoms with Gasteiger partial charge in [-0.05, 0) is 25.7 Å². The zero-order valence-electron chi connectivity index (χ0n) is 14.6. The van der Waals surface area contributed by atoms with Crippen molar-refractivity contribution in [2.75, 3.05) is 26.3 Å². The lowest BCUT2D eigenvalue weighted by molar-refractivity contribution is 0.108. The number of aliphatic imine (C=N–C) groups is 1. The monoisotopic (exact) mass is 322 g/mol. The quantitative estimate of drug-likeness (QED) is 0.408. The van der Waals surface area contributed by atoms with Crippen molar-refractivity contribution < 1.29 is 4.74 Å². The summed E-state index contributed by atoms with van der Waals surface area (Å²) in [5, 5.41) is 15.1. The Morgan fingerprint density at radius 1 is 1.35 bits per heavy atom. The van der Waals surface area contributed by atoms with Crippen molar-refractivity contribution in [3.05, 3.63) is 11.6 Å². The molecule has 0 spiro atoms. The molecular formula is C16H30N6O. The second kappa shape index (κ2) is 9.50. The molecule has 1 aromatic heterocycles. The second-order valence-electron chi connectivity index (χ2n) is 6.23. The van der Waals surface area contributed by atoms with Crippen LogP contribution in [-0.2, 0) is 24.2 Å². The lowest BCUT2D eigenvalue weighted by atomic mass is 10.2. The zero-order chi connectivity index (χ0) is 16.5. The predicted molar refractivity (Wildman–Crippen MR) is 91.4 cm³/mol. The lowest BCUT2D eigenvalue weighted by Gasteiger charge is -2.12. The molecule has 2 heterocycles.